The Morgan fingerprint density at radius 2 is 2.00 bits per heavy atom. The number of carbonyl (C=O) groups is 1. The molecule has 0 saturated carbocycles. The molecule has 1 N–H and O–H groups in total. The first kappa shape index (κ1) is 18.8. The molecule has 3 aromatic rings. The molecule has 0 spiro atoms. The fraction of sp³-hybridized carbons (Fsp3) is 0.188. The smallest absolute Gasteiger partial charge is 0.408 e. The minimum absolute atomic E-state index is 0.0283. The average Bonchev–Trinajstić information content (AvgIpc) is 3.22. The number of para-hydroxylation sites is 1. The number of ether oxygens (including phenoxy) is 1. The van der Waals surface area contributed by atoms with Crippen LogP contribution in [0, 0.1) is 0 Å². The van der Waals surface area contributed by atoms with Crippen LogP contribution in [0.3, 0.4) is 0 Å². The summed E-state index contributed by atoms with van der Waals surface area (Å²) >= 11 is 5.98. The standard InChI is InChI=1S/C16H13ClF3N5O2/c17-12-3-1-2-4-14(12)27-10-24-6-5-13(23-24)15(26)22-11-7-21-25(8-11)9-16(18,19)20/h1-8H,9-10H2,(H,22,26). The molecule has 27 heavy (non-hydrogen) atoms. The van der Waals surface area contributed by atoms with Crippen LogP contribution >= 0.6 is 11.6 Å². The molecule has 0 aliphatic carbocycles. The first-order valence-electron chi connectivity index (χ1n) is 7.61. The van der Waals surface area contributed by atoms with E-state index in [1.165, 1.54) is 16.9 Å². The van der Waals surface area contributed by atoms with Crippen LogP contribution in [0.2, 0.25) is 5.02 Å². The number of halogens is 4. The van der Waals surface area contributed by atoms with E-state index >= 15 is 0 Å². The Bertz CT molecular complexity index is 938. The molecule has 0 aliphatic heterocycles. The number of carbonyl (C=O) groups excluding carboxylic acids is 1. The lowest BCUT2D eigenvalue weighted by Crippen LogP contribution is -2.18. The van der Waals surface area contributed by atoms with Gasteiger partial charge in [-0.3, -0.25) is 9.48 Å². The highest BCUT2D eigenvalue weighted by Crippen LogP contribution is 2.23. The molecule has 0 radical (unpaired) electrons. The maximum Gasteiger partial charge on any atom is 0.408 e. The highest BCUT2D eigenvalue weighted by atomic mass is 35.5. The van der Waals surface area contributed by atoms with Gasteiger partial charge in [-0.25, -0.2) is 4.68 Å². The number of nitrogens with zero attached hydrogens (tertiary/aromatic N) is 4. The minimum atomic E-state index is -4.40. The van der Waals surface area contributed by atoms with Gasteiger partial charge in [0.2, 0.25) is 0 Å². The Balaban J connectivity index is 1.58. The van der Waals surface area contributed by atoms with Crippen LogP contribution in [0.5, 0.6) is 5.75 Å². The quantitative estimate of drug-likeness (QED) is 0.687. The number of alkyl halides is 3. The third-order valence-corrected chi connectivity index (χ3v) is 3.61. The normalized spacial score (nSPS) is 11.4. The van der Waals surface area contributed by atoms with Crippen LogP contribution in [-0.2, 0) is 13.3 Å². The van der Waals surface area contributed by atoms with E-state index in [2.05, 4.69) is 15.5 Å². The lowest BCUT2D eigenvalue weighted by atomic mass is 10.3. The molecule has 11 heteroatoms. The van der Waals surface area contributed by atoms with Crippen LogP contribution in [0.1, 0.15) is 10.5 Å². The maximum absolute atomic E-state index is 12.3. The molecule has 0 bridgehead atoms. The second kappa shape index (κ2) is 7.70. The molecule has 0 unspecified atom stereocenters. The van der Waals surface area contributed by atoms with Crippen molar-refractivity contribution in [1.82, 2.24) is 19.6 Å². The third kappa shape index (κ3) is 5.23. The first-order valence-corrected chi connectivity index (χ1v) is 7.99. The molecular formula is C16H13ClF3N5O2. The summed E-state index contributed by atoms with van der Waals surface area (Å²) in [4.78, 5) is 12.1. The van der Waals surface area contributed by atoms with E-state index < -0.39 is 18.6 Å². The van der Waals surface area contributed by atoms with Crippen molar-refractivity contribution >= 4 is 23.2 Å². The Morgan fingerprint density at radius 3 is 2.74 bits per heavy atom. The van der Waals surface area contributed by atoms with Gasteiger partial charge >= 0.3 is 6.18 Å². The molecule has 2 heterocycles. The fourth-order valence-electron chi connectivity index (χ4n) is 2.15. The van der Waals surface area contributed by atoms with Gasteiger partial charge in [-0.2, -0.15) is 23.4 Å². The zero-order valence-corrected chi connectivity index (χ0v) is 14.4. The van der Waals surface area contributed by atoms with Crippen molar-refractivity contribution in [3.63, 3.8) is 0 Å². The molecule has 0 aliphatic rings. The summed E-state index contributed by atoms with van der Waals surface area (Å²) in [5.41, 5.74) is 0.201. The second-order valence-corrected chi connectivity index (χ2v) is 5.85. The Morgan fingerprint density at radius 1 is 1.22 bits per heavy atom. The summed E-state index contributed by atoms with van der Waals surface area (Å²) in [5.74, 6) is -0.115. The Kier molecular flexibility index (Phi) is 5.36. The van der Waals surface area contributed by atoms with Crippen LogP contribution in [-0.4, -0.2) is 31.6 Å². The predicted molar refractivity (Wildman–Crippen MR) is 90.5 cm³/mol. The molecule has 1 amide bonds. The third-order valence-electron chi connectivity index (χ3n) is 3.29. The topological polar surface area (TPSA) is 74.0 Å². The van der Waals surface area contributed by atoms with Crippen molar-refractivity contribution in [3.05, 3.63) is 59.6 Å². The molecule has 0 fully saturated rings. The predicted octanol–water partition coefficient (Wildman–Crippen LogP) is 3.58. The van der Waals surface area contributed by atoms with Crippen LogP contribution in [0.25, 0.3) is 0 Å². The number of hydrogen-bond donors (Lipinski definition) is 1. The highest BCUT2D eigenvalue weighted by molar-refractivity contribution is 6.32. The molecule has 2 aromatic heterocycles. The summed E-state index contributed by atoms with van der Waals surface area (Å²) in [6.45, 7) is -1.21. The van der Waals surface area contributed by atoms with E-state index in [4.69, 9.17) is 16.3 Å². The highest BCUT2D eigenvalue weighted by Gasteiger charge is 2.28. The van der Waals surface area contributed by atoms with Crippen LogP contribution < -0.4 is 10.1 Å². The lowest BCUT2D eigenvalue weighted by Gasteiger charge is -2.07. The van der Waals surface area contributed by atoms with Crippen molar-refractivity contribution in [1.29, 1.82) is 0 Å². The van der Waals surface area contributed by atoms with Crippen molar-refractivity contribution in [2.45, 2.75) is 19.5 Å². The number of aromatic nitrogens is 4. The van der Waals surface area contributed by atoms with E-state index in [0.717, 1.165) is 12.4 Å². The fourth-order valence-corrected chi connectivity index (χ4v) is 2.34. The van der Waals surface area contributed by atoms with Crippen LogP contribution in [0.15, 0.2) is 48.9 Å². The van der Waals surface area contributed by atoms with Gasteiger partial charge in [-0.1, -0.05) is 23.7 Å². The van der Waals surface area contributed by atoms with Crippen molar-refractivity contribution in [2.75, 3.05) is 5.32 Å². The van der Waals surface area contributed by atoms with Crippen molar-refractivity contribution in [3.8, 4) is 5.75 Å². The molecule has 3 rings (SSSR count). The summed E-state index contributed by atoms with van der Waals surface area (Å²) in [7, 11) is 0. The van der Waals surface area contributed by atoms with Crippen molar-refractivity contribution in [2.24, 2.45) is 0 Å². The number of benzene rings is 1. The van der Waals surface area contributed by atoms with Gasteiger partial charge in [0.05, 0.1) is 16.9 Å². The lowest BCUT2D eigenvalue weighted by molar-refractivity contribution is -0.142. The monoisotopic (exact) mass is 399 g/mol. The van der Waals surface area contributed by atoms with E-state index in [1.807, 2.05) is 0 Å². The minimum Gasteiger partial charge on any atom is -0.470 e. The summed E-state index contributed by atoms with van der Waals surface area (Å²) in [6, 6.07) is 8.35. The van der Waals surface area contributed by atoms with Gasteiger partial charge < -0.3 is 10.1 Å². The molecule has 142 valence electrons. The Hall–Kier alpha value is -3.01. The average molecular weight is 400 g/mol. The molecule has 0 atom stereocenters. The SMILES string of the molecule is O=C(Nc1cnn(CC(F)(F)F)c1)c1ccn(COc2ccccc2Cl)n1. The Labute approximate surface area is 156 Å². The van der Waals surface area contributed by atoms with E-state index in [-0.39, 0.29) is 18.1 Å². The van der Waals surface area contributed by atoms with Gasteiger partial charge in [0.25, 0.3) is 5.91 Å². The van der Waals surface area contributed by atoms with Crippen LogP contribution in [0.4, 0.5) is 18.9 Å². The van der Waals surface area contributed by atoms with E-state index in [1.54, 1.807) is 24.3 Å². The summed E-state index contributed by atoms with van der Waals surface area (Å²) in [5, 5.41) is 10.5. The number of nitrogens with one attached hydrogen (secondary N) is 1. The molecular weight excluding hydrogens is 387 g/mol. The number of hydrogen-bond acceptors (Lipinski definition) is 4. The van der Waals surface area contributed by atoms with Gasteiger partial charge in [-0.05, 0) is 18.2 Å². The first-order chi connectivity index (χ1) is 12.8. The van der Waals surface area contributed by atoms with E-state index in [9.17, 15) is 18.0 Å². The van der Waals surface area contributed by atoms with Gasteiger partial charge in [0.1, 0.15) is 12.3 Å². The molecule has 1 aromatic carbocycles. The zero-order chi connectivity index (χ0) is 19.4. The van der Waals surface area contributed by atoms with Crippen molar-refractivity contribution < 1.29 is 22.7 Å². The molecule has 0 saturated heterocycles. The summed E-state index contributed by atoms with van der Waals surface area (Å²) in [6.07, 6.45) is -0.656. The zero-order valence-electron chi connectivity index (χ0n) is 13.7. The van der Waals surface area contributed by atoms with Gasteiger partial charge in [-0.15, -0.1) is 0 Å². The second-order valence-electron chi connectivity index (χ2n) is 5.44. The van der Waals surface area contributed by atoms with Gasteiger partial charge in [0, 0.05) is 12.4 Å². The number of anilines is 1. The van der Waals surface area contributed by atoms with Gasteiger partial charge in [0.15, 0.2) is 12.4 Å². The maximum atomic E-state index is 12.3. The number of amides is 1. The number of rotatable bonds is 6. The van der Waals surface area contributed by atoms with E-state index in [0.29, 0.717) is 15.5 Å². The summed E-state index contributed by atoms with van der Waals surface area (Å²) < 4.78 is 44.5. The molecule has 7 nitrogen and oxygen atoms in total. The largest absolute Gasteiger partial charge is 0.470 e.